The minimum absolute atomic E-state index is 0.192. The number of hydrogen-bond donors (Lipinski definition) is 0. The van der Waals surface area contributed by atoms with Gasteiger partial charge in [-0.2, -0.15) is 4.31 Å². The summed E-state index contributed by atoms with van der Waals surface area (Å²) in [4.78, 5) is 19.3. The van der Waals surface area contributed by atoms with Crippen LogP contribution in [0.1, 0.15) is 16.6 Å². The van der Waals surface area contributed by atoms with E-state index >= 15 is 0 Å². The number of carbonyl (C=O) groups is 1. The highest BCUT2D eigenvalue weighted by molar-refractivity contribution is 7.89. The molecule has 0 atom stereocenters. The number of benzene rings is 2. The van der Waals surface area contributed by atoms with Gasteiger partial charge in [-0.3, -0.25) is 4.79 Å². The summed E-state index contributed by atoms with van der Waals surface area (Å²) >= 11 is 1.12. The van der Waals surface area contributed by atoms with Crippen LogP contribution >= 0.6 is 11.3 Å². The molecule has 2 aromatic carbocycles. The average molecular weight is 476 g/mol. The second kappa shape index (κ2) is 9.35. The molecule has 2 heterocycles. The third-order valence-electron chi connectivity index (χ3n) is 5.12. The fourth-order valence-corrected chi connectivity index (χ4v) is 5.78. The topological polar surface area (TPSA) is 79.8 Å². The number of sulfonamides is 1. The van der Waals surface area contributed by atoms with Crippen molar-refractivity contribution >= 4 is 27.3 Å². The second-order valence-electron chi connectivity index (χ2n) is 7.11. The summed E-state index contributed by atoms with van der Waals surface area (Å²) in [5.41, 5.74) is 0.350. The van der Waals surface area contributed by atoms with Gasteiger partial charge >= 0.3 is 0 Å². The summed E-state index contributed by atoms with van der Waals surface area (Å²) in [6.07, 6.45) is 1.44. The molecule has 1 aliphatic rings. The normalized spacial score (nSPS) is 15.0. The molecule has 1 fully saturated rings. The van der Waals surface area contributed by atoms with Gasteiger partial charge in [0.05, 0.1) is 17.7 Å². The van der Waals surface area contributed by atoms with E-state index in [9.17, 15) is 17.6 Å². The fourth-order valence-electron chi connectivity index (χ4n) is 3.44. The lowest BCUT2D eigenvalue weighted by atomic mass is 10.2. The van der Waals surface area contributed by atoms with Crippen LogP contribution in [-0.2, 0) is 10.0 Å². The molecule has 1 aliphatic heterocycles. The van der Waals surface area contributed by atoms with Crippen LogP contribution in [0.3, 0.4) is 0 Å². The van der Waals surface area contributed by atoms with E-state index in [0.717, 1.165) is 11.3 Å². The van der Waals surface area contributed by atoms with Crippen LogP contribution in [0.15, 0.2) is 59.6 Å². The molecule has 0 unspecified atom stereocenters. The Morgan fingerprint density at radius 2 is 1.78 bits per heavy atom. The van der Waals surface area contributed by atoms with E-state index in [1.807, 2.05) is 6.92 Å². The number of amides is 1. The minimum Gasteiger partial charge on any atom is -0.494 e. The van der Waals surface area contributed by atoms with Gasteiger partial charge in [0.25, 0.3) is 5.91 Å². The van der Waals surface area contributed by atoms with Gasteiger partial charge in [-0.1, -0.05) is 12.1 Å². The number of ether oxygens (including phenoxy) is 1. The fraction of sp³-hybridized carbons (Fsp3) is 0.273. The van der Waals surface area contributed by atoms with Gasteiger partial charge in [0.15, 0.2) is 0 Å². The first kappa shape index (κ1) is 22.4. The first-order chi connectivity index (χ1) is 15.4. The SMILES string of the molecule is CCOc1ccc(S(=O)(=O)N2CCN(C(=O)c3cnc(-c4ccccc4F)s3)CC2)cc1. The molecule has 0 radical (unpaired) electrons. The highest BCUT2D eigenvalue weighted by Gasteiger charge is 2.31. The summed E-state index contributed by atoms with van der Waals surface area (Å²) in [6, 6.07) is 12.6. The first-order valence-electron chi connectivity index (χ1n) is 10.1. The van der Waals surface area contributed by atoms with Crippen LogP contribution in [0.2, 0.25) is 0 Å². The molecular weight excluding hydrogens is 453 g/mol. The van der Waals surface area contributed by atoms with E-state index in [1.165, 1.54) is 28.7 Å². The van der Waals surface area contributed by atoms with E-state index in [1.54, 1.807) is 35.2 Å². The van der Waals surface area contributed by atoms with Crippen molar-refractivity contribution in [1.29, 1.82) is 0 Å². The van der Waals surface area contributed by atoms with E-state index < -0.39 is 15.8 Å². The molecule has 7 nitrogen and oxygen atoms in total. The predicted octanol–water partition coefficient (Wildman–Crippen LogP) is 3.49. The highest BCUT2D eigenvalue weighted by atomic mass is 32.2. The number of aromatic nitrogens is 1. The van der Waals surface area contributed by atoms with Gasteiger partial charge < -0.3 is 9.64 Å². The summed E-state index contributed by atoms with van der Waals surface area (Å²) in [5, 5.41) is 0.433. The largest absolute Gasteiger partial charge is 0.494 e. The molecule has 0 N–H and O–H groups in total. The molecule has 4 rings (SSSR count). The Labute approximate surface area is 190 Å². The molecule has 0 bridgehead atoms. The van der Waals surface area contributed by atoms with Gasteiger partial charge in [-0.25, -0.2) is 17.8 Å². The standard InChI is InChI=1S/C22H22FN3O4S2/c1-2-30-16-7-9-17(10-8-16)32(28,29)26-13-11-25(12-14-26)22(27)20-15-24-21(31-20)18-5-3-4-6-19(18)23/h3-10,15H,2,11-14H2,1H3. The Kier molecular flexibility index (Phi) is 6.54. The van der Waals surface area contributed by atoms with E-state index in [0.29, 0.717) is 27.8 Å². The quantitative estimate of drug-likeness (QED) is 0.545. The Hall–Kier alpha value is -2.82. The molecule has 168 valence electrons. The van der Waals surface area contributed by atoms with Crippen molar-refractivity contribution in [2.75, 3.05) is 32.8 Å². The predicted molar refractivity (Wildman–Crippen MR) is 120 cm³/mol. The lowest BCUT2D eigenvalue weighted by Gasteiger charge is -2.33. The zero-order valence-corrected chi connectivity index (χ0v) is 19.0. The zero-order valence-electron chi connectivity index (χ0n) is 17.4. The van der Waals surface area contributed by atoms with Crippen molar-refractivity contribution < 1.29 is 22.3 Å². The summed E-state index contributed by atoms with van der Waals surface area (Å²) in [7, 11) is -3.66. The number of thiazole rings is 1. The molecule has 1 amide bonds. The van der Waals surface area contributed by atoms with Gasteiger partial charge in [0, 0.05) is 31.7 Å². The number of nitrogens with zero attached hydrogens (tertiary/aromatic N) is 3. The third-order valence-corrected chi connectivity index (χ3v) is 8.05. The third kappa shape index (κ3) is 4.52. The van der Waals surface area contributed by atoms with Crippen molar-refractivity contribution in [3.05, 3.63) is 65.4 Å². The summed E-state index contributed by atoms with van der Waals surface area (Å²) in [5.74, 6) is -0.0154. The maximum atomic E-state index is 14.0. The smallest absolute Gasteiger partial charge is 0.265 e. The maximum absolute atomic E-state index is 14.0. The lowest BCUT2D eigenvalue weighted by Crippen LogP contribution is -2.50. The monoisotopic (exact) mass is 475 g/mol. The van der Waals surface area contributed by atoms with Crippen LogP contribution < -0.4 is 4.74 Å². The van der Waals surface area contributed by atoms with Gasteiger partial charge in [0.2, 0.25) is 10.0 Å². The first-order valence-corrected chi connectivity index (χ1v) is 12.4. The Bertz CT molecular complexity index is 1200. The molecule has 1 saturated heterocycles. The van der Waals surface area contributed by atoms with E-state index in [-0.39, 0.29) is 37.0 Å². The second-order valence-corrected chi connectivity index (χ2v) is 10.1. The van der Waals surface area contributed by atoms with Crippen molar-refractivity contribution in [1.82, 2.24) is 14.2 Å². The molecular formula is C22H22FN3O4S2. The molecule has 0 spiro atoms. The zero-order chi connectivity index (χ0) is 22.7. The lowest BCUT2D eigenvalue weighted by molar-refractivity contribution is 0.0702. The molecule has 32 heavy (non-hydrogen) atoms. The van der Waals surface area contributed by atoms with Crippen molar-refractivity contribution in [3.63, 3.8) is 0 Å². The Balaban J connectivity index is 1.41. The molecule has 10 heteroatoms. The summed E-state index contributed by atoms with van der Waals surface area (Å²) < 4.78 is 46.6. The highest BCUT2D eigenvalue weighted by Crippen LogP contribution is 2.28. The van der Waals surface area contributed by atoms with Crippen LogP contribution in [-0.4, -0.2) is 61.3 Å². The van der Waals surface area contributed by atoms with E-state index in [4.69, 9.17) is 4.74 Å². The van der Waals surface area contributed by atoms with Crippen LogP contribution in [0.4, 0.5) is 4.39 Å². The van der Waals surface area contributed by atoms with Gasteiger partial charge in [-0.05, 0) is 43.3 Å². The van der Waals surface area contributed by atoms with Crippen molar-refractivity contribution in [2.24, 2.45) is 0 Å². The number of carbonyl (C=O) groups excluding carboxylic acids is 1. The number of hydrogen-bond acceptors (Lipinski definition) is 6. The van der Waals surface area contributed by atoms with E-state index in [2.05, 4.69) is 4.98 Å². The van der Waals surface area contributed by atoms with Crippen LogP contribution in [0, 0.1) is 5.82 Å². The molecule has 3 aromatic rings. The maximum Gasteiger partial charge on any atom is 0.265 e. The van der Waals surface area contributed by atoms with Crippen molar-refractivity contribution in [3.8, 4) is 16.3 Å². The molecule has 0 aliphatic carbocycles. The molecule has 0 saturated carbocycles. The number of halogens is 1. The number of piperazine rings is 1. The average Bonchev–Trinajstić information content (AvgIpc) is 3.29. The van der Waals surface area contributed by atoms with Gasteiger partial charge in [0.1, 0.15) is 21.5 Å². The van der Waals surface area contributed by atoms with Gasteiger partial charge in [-0.15, -0.1) is 11.3 Å². The molecule has 1 aromatic heterocycles. The minimum atomic E-state index is -3.66. The Morgan fingerprint density at radius 3 is 2.44 bits per heavy atom. The van der Waals surface area contributed by atoms with Crippen LogP contribution in [0.25, 0.3) is 10.6 Å². The number of rotatable bonds is 6. The summed E-state index contributed by atoms with van der Waals surface area (Å²) in [6.45, 7) is 3.28. The van der Waals surface area contributed by atoms with Crippen LogP contribution in [0.5, 0.6) is 5.75 Å². The van der Waals surface area contributed by atoms with Crippen molar-refractivity contribution in [2.45, 2.75) is 11.8 Å². The Morgan fingerprint density at radius 1 is 1.09 bits per heavy atom.